The van der Waals surface area contributed by atoms with E-state index in [1.54, 1.807) is 40.7 Å². The van der Waals surface area contributed by atoms with Crippen LogP contribution < -0.4 is 10.6 Å². The molecule has 1 aliphatic rings. The van der Waals surface area contributed by atoms with E-state index in [4.69, 9.17) is 0 Å². The lowest BCUT2D eigenvalue weighted by Gasteiger charge is -2.20. The summed E-state index contributed by atoms with van der Waals surface area (Å²) in [5.41, 5.74) is 1.07. The van der Waals surface area contributed by atoms with Gasteiger partial charge in [0.15, 0.2) is 5.13 Å². The zero-order valence-corrected chi connectivity index (χ0v) is 15.4. The third-order valence-corrected chi connectivity index (χ3v) is 4.91. The number of hydrogen-bond acceptors (Lipinski definition) is 5. The molecule has 1 aromatic heterocycles. The summed E-state index contributed by atoms with van der Waals surface area (Å²) in [4.78, 5) is 42.2. The van der Waals surface area contributed by atoms with Gasteiger partial charge in [-0.05, 0) is 38.1 Å². The number of nitrogens with one attached hydrogen (secondary N) is 2. The van der Waals surface area contributed by atoms with Crippen LogP contribution in [0.3, 0.4) is 0 Å². The summed E-state index contributed by atoms with van der Waals surface area (Å²) in [6, 6.07) is 6.71. The predicted molar refractivity (Wildman–Crippen MR) is 100 cm³/mol. The molecule has 26 heavy (non-hydrogen) atoms. The van der Waals surface area contributed by atoms with Gasteiger partial charge in [0.2, 0.25) is 11.8 Å². The number of nitrogens with zero attached hydrogens (tertiary/aromatic N) is 2. The van der Waals surface area contributed by atoms with Crippen LogP contribution in [-0.2, 0) is 9.59 Å². The Hall–Kier alpha value is -2.74. The Morgan fingerprint density at radius 2 is 1.96 bits per heavy atom. The van der Waals surface area contributed by atoms with Crippen molar-refractivity contribution >= 4 is 39.9 Å². The lowest BCUT2D eigenvalue weighted by molar-refractivity contribution is -0.129. The number of likely N-dealkylation sites (tertiary alicyclic amines) is 1. The number of rotatable bonds is 5. The van der Waals surface area contributed by atoms with Gasteiger partial charge in [-0.25, -0.2) is 4.98 Å². The Balaban J connectivity index is 1.58. The maximum Gasteiger partial charge on any atom is 0.257 e. The molecule has 0 aliphatic carbocycles. The van der Waals surface area contributed by atoms with Crippen LogP contribution in [0, 0.1) is 5.92 Å². The van der Waals surface area contributed by atoms with E-state index in [9.17, 15) is 14.4 Å². The van der Waals surface area contributed by atoms with Gasteiger partial charge in [-0.1, -0.05) is 0 Å². The fourth-order valence-corrected chi connectivity index (χ4v) is 3.33. The molecule has 2 N–H and O–H groups in total. The number of carbonyl (C=O) groups excluding carboxylic acids is 3. The first-order valence-corrected chi connectivity index (χ1v) is 9.23. The average molecular weight is 372 g/mol. The Bertz CT molecular complexity index is 802. The van der Waals surface area contributed by atoms with E-state index in [0.717, 1.165) is 0 Å². The molecule has 7 nitrogen and oxygen atoms in total. The number of thiazole rings is 1. The van der Waals surface area contributed by atoms with Crippen molar-refractivity contribution < 1.29 is 14.4 Å². The summed E-state index contributed by atoms with van der Waals surface area (Å²) in [5, 5.41) is 7.83. The van der Waals surface area contributed by atoms with Crippen molar-refractivity contribution in [3.63, 3.8) is 0 Å². The Morgan fingerprint density at radius 1 is 1.23 bits per heavy atom. The highest BCUT2D eigenvalue weighted by Crippen LogP contribution is 2.22. The molecule has 2 aromatic rings. The smallest absolute Gasteiger partial charge is 0.257 e. The van der Waals surface area contributed by atoms with E-state index in [-0.39, 0.29) is 36.1 Å². The highest BCUT2D eigenvalue weighted by molar-refractivity contribution is 7.13. The Kier molecular flexibility index (Phi) is 5.32. The molecule has 0 bridgehead atoms. The number of carbonyl (C=O) groups is 3. The molecule has 1 saturated heterocycles. The second-order valence-electron chi connectivity index (χ2n) is 6.40. The predicted octanol–water partition coefficient (Wildman–Crippen LogP) is 2.59. The molecule has 1 aliphatic heterocycles. The Labute approximate surface area is 155 Å². The highest BCUT2D eigenvalue weighted by Gasteiger charge is 2.35. The van der Waals surface area contributed by atoms with E-state index in [1.807, 2.05) is 13.8 Å². The van der Waals surface area contributed by atoms with Crippen LogP contribution in [-0.4, -0.2) is 40.2 Å². The summed E-state index contributed by atoms with van der Waals surface area (Å²) in [7, 11) is 0. The van der Waals surface area contributed by atoms with Gasteiger partial charge in [0.05, 0.1) is 5.92 Å². The summed E-state index contributed by atoms with van der Waals surface area (Å²) in [5.74, 6) is -0.777. The summed E-state index contributed by atoms with van der Waals surface area (Å²) >= 11 is 1.34. The molecule has 1 aromatic carbocycles. The molecule has 0 saturated carbocycles. The minimum Gasteiger partial charge on any atom is -0.339 e. The first kappa shape index (κ1) is 18.1. The Morgan fingerprint density at radius 3 is 2.54 bits per heavy atom. The molecule has 8 heteroatoms. The first-order valence-electron chi connectivity index (χ1n) is 8.35. The van der Waals surface area contributed by atoms with E-state index in [2.05, 4.69) is 15.6 Å². The van der Waals surface area contributed by atoms with Gasteiger partial charge in [-0.15, -0.1) is 11.3 Å². The largest absolute Gasteiger partial charge is 0.339 e. The number of anilines is 2. The number of aromatic nitrogens is 1. The van der Waals surface area contributed by atoms with Crippen molar-refractivity contribution in [3.05, 3.63) is 41.4 Å². The average Bonchev–Trinajstić information content (AvgIpc) is 3.25. The van der Waals surface area contributed by atoms with E-state index >= 15 is 0 Å². The topological polar surface area (TPSA) is 91.4 Å². The van der Waals surface area contributed by atoms with Crippen LogP contribution in [0.4, 0.5) is 10.8 Å². The molecule has 3 rings (SSSR count). The highest BCUT2D eigenvalue weighted by atomic mass is 32.1. The van der Waals surface area contributed by atoms with E-state index < -0.39 is 0 Å². The molecule has 1 fully saturated rings. The summed E-state index contributed by atoms with van der Waals surface area (Å²) in [6.45, 7) is 4.32. The molecule has 0 spiro atoms. The third kappa shape index (κ3) is 4.08. The van der Waals surface area contributed by atoms with Gasteiger partial charge in [-0.3, -0.25) is 19.7 Å². The van der Waals surface area contributed by atoms with E-state index in [0.29, 0.717) is 22.9 Å². The van der Waals surface area contributed by atoms with Crippen molar-refractivity contribution in [1.82, 2.24) is 9.88 Å². The first-order chi connectivity index (χ1) is 12.4. The van der Waals surface area contributed by atoms with Gasteiger partial charge in [0.1, 0.15) is 0 Å². The van der Waals surface area contributed by atoms with Crippen LogP contribution in [0.1, 0.15) is 30.6 Å². The number of benzene rings is 1. The standard InChI is InChI=1S/C18H20N4O3S/c1-11(2)22-10-13(9-15(22)23)17(25)20-14-5-3-12(4-6-14)16(24)21-18-19-7-8-26-18/h3-8,11,13H,9-10H2,1-2H3,(H,20,25)(H,19,21,24). The SMILES string of the molecule is CC(C)N1CC(C(=O)Nc2ccc(C(=O)Nc3nccs3)cc2)CC1=O. The lowest BCUT2D eigenvalue weighted by atomic mass is 10.1. The second-order valence-corrected chi connectivity index (χ2v) is 7.29. The zero-order valence-electron chi connectivity index (χ0n) is 14.6. The molecular formula is C18H20N4O3S. The van der Waals surface area contributed by atoms with E-state index in [1.165, 1.54) is 11.3 Å². The summed E-state index contributed by atoms with van der Waals surface area (Å²) < 4.78 is 0. The van der Waals surface area contributed by atoms with Gasteiger partial charge < -0.3 is 10.2 Å². The molecule has 0 radical (unpaired) electrons. The minimum absolute atomic E-state index is 0.00866. The lowest BCUT2D eigenvalue weighted by Crippen LogP contribution is -2.33. The van der Waals surface area contributed by atoms with Crippen molar-refractivity contribution in [1.29, 1.82) is 0 Å². The molecule has 136 valence electrons. The minimum atomic E-state index is -0.349. The van der Waals surface area contributed by atoms with Crippen molar-refractivity contribution in [2.75, 3.05) is 17.2 Å². The molecule has 2 heterocycles. The van der Waals surface area contributed by atoms with Gasteiger partial charge in [-0.2, -0.15) is 0 Å². The fourth-order valence-electron chi connectivity index (χ4n) is 2.81. The second kappa shape index (κ2) is 7.65. The zero-order chi connectivity index (χ0) is 18.7. The van der Waals surface area contributed by atoms with Crippen LogP contribution >= 0.6 is 11.3 Å². The number of hydrogen-bond donors (Lipinski definition) is 2. The van der Waals surface area contributed by atoms with Gasteiger partial charge in [0, 0.05) is 41.8 Å². The maximum absolute atomic E-state index is 12.4. The fraction of sp³-hybridized carbons (Fsp3) is 0.333. The number of amides is 3. The van der Waals surface area contributed by atoms with Gasteiger partial charge >= 0.3 is 0 Å². The quantitative estimate of drug-likeness (QED) is 0.844. The van der Waals surface area contributed by atoms with Crippen molar-refractivity contribution in [3.8, 4) is 0 Å². The van der Waals surface area contributed by atoms with Gasteiger partial charge in [0.25, 0.3) is 5.91 Å². The van der Waals surface area contributed by atoms with Crippen LogP contribution in [0.25, 0.3) is 0 Å². The van der Waals surface area contributed by atoms with Crippen molar-refractivity contribution in [2.45, 2.75) is 26.3 Å². The normalized spacial score (nSPS) is 16.8. The molecule has 1 atom stereocenters. The molecule has 3 amide bonds. The molecule has 1 unspecified atom stereocenters. The maximum atomic E-state index is 12.4. The van der Waals surface area contributed by atoms with Crippen LogP contribution in [0.5, 0.6) is 0 Å². The third-order valence-electron chi connectivity index (χ3n) is 4.22. The van der Waals surface area contributed by atoms with Crippen molar-refractivity contribution in [2.24, 2.45) is 5.92 Å². The monoisotopic (exact) mass is 372 g/mol. The van der Waals surface area contributed by atoms with Crippen LogP contribution in [0.15, 0.2) is 35.8 Å². The van der Waals surface area contributed by atoms with Crippen LogP contribution in [0.2, 0.25) is 0 Å². The summed E-state index contributed by atoms with van der Waals surface area (Å²) in [6.07, 6.45) is 1.85. The molecular weight excluding hydrogens is 352 g/mol.